The highest BCUT2D eigenvalue weighted by atomic mass is 16.2. The molecule has 26 heavy (non-hydrogen) atoms. The first kappa shape index (κ1) is 16.0. The summed E-state index contributed by atoms with van der Waals surface area (Å²) in [5.74, 6) is -0.158. The molecule has 3 heterocycles. The lowest BCUT2D eigenvalue weighted by Gasteiger charge is -2.24. The number of hydrogen-bond acceptors (Lipinski definition) is 4. The molecule has 1 aliphatic rings. The van der Waals surface area contributed by atoms with Crippen molar-refractivity contribution in [3.8, 4) is 5.82 Å². The number of anilines is 1. The van der Waals surface area contributed by atoms with Crippen molar-refractivity contribution in [2.75, 3.05) is 5.32 Å². The molecule has 2 N–H and O–H groups in total. The van der Waals surface area contributed by atoms with Crippen LogP contribution in [0.25, 0.3) is 5.82 Å². The number of rotatable bonds is 4. The Balaban J connectivity index is 1.53. The van der Waals surface area contributed by atoms with Crippen molar-refractivity contribution < 1.29 is 9.59 Å². The molecule has 1 aromatic carbocycles. The molecule has 7 heteroatoms. The highest BCUT2D eigenvalue weighted by Gasteiger charge is 2.30. The van der Waals surface area contributed by atoms with E-state index in [-0.39, 0.29) is 18.2 Å². The van der Waals surface area contributed by atoms with Crippen LogP contribution in [0.5, 0.6) is 0 Å². The van der Waals surface area contributed by atoms with Crippen LogP contribution < -0.4 is 10.6 Å². The van der Waals surface area contributed by atoms with Gasteiger partial charge >= 0.3 is 0 Å². The number of hydrogen-bond donors (Lipinski definition) is 2. The lowest BCUT2D eigenvalue weighted by molar-refractivity contribution is -0.126. The van der Waals surface area contributed by atoms with Crippen molar-refractivity contribution in [2.24, 2.45) is 0 Å². The normalized spacial score (nSPS) is 15.8. The van der Waals surface area contributed by atoms with Gasteiger partial charge in [0.15, 0.2) is 5.82 Å². The van der Waals surface area contributed by atoms with Crippen LogP contribution in [0.2, 0.25) is 0 Å². The number of carbonyl (C=O) groups excluding carboxylic acids is 2. The van der Waals surface area contributed by atoms with Crippen LogP contribution in [-0.2, 0) is 16.1 Å². The molecular weight excluding hydrogens is 330 g/mol. The quantitative estimate of drug-likeness (QED) is 0.755. The number of aromatic nitrogens is 3. The number of benzene rings is 1. The van der Waals surface area contributed by atoms with Gasteiger partial charge in [-0.05, 0) is 23.8 Å². The van der Waals surface area contributed by atoms with Gasteiger partial charge in [-0.15, -0.1) is 0 Å². The van der Waals surface area contributed by atoms with E-state index in [1.807, 2.05) is 42.5 Å². The maximum Gasteiger partial charge on any atom is 0.228 e. The number of pyridine rings is 1. The summed E-state index contributed by atoms with van der Waals surface area (Å²) in [5.41, 5.74) is 2.38. The second kappa shape index (κ2) is 6.79. The fraction of sp³-hybridized carbons (Fsp3) is 0.158. The molecular formula is C19H17N5O2. The van der Waals surface area contributed by atoms with Gasteiger partial charge in [-0.25, -0.2) is 9.67 Å². The van der Waals surface area contributed by atoms with Crippen LogP contribution >= 0.6 is 0 Å². The van der Waals surface area contributed by atoms with E-state index in [9.17, 15) is 9.59 Å². The Kier molecular flexibility index (Phi) is 4.18. The molecule has 0 saturated carbocycles. The molecule has 3 aromatic rings. The lowest BCUT2D eigenvalue weighted by Crippen LogP contribution is -2.35. The third-order valence-corrected chi connectivity index (χ3v) is 4.36. The first-order chi connectivity index (χ1) is 12.7. The number of para-hydroxylation sites is 1. The van der Waals surface area contributed by atoms with Crippen LogP contribution in [0, 0.1) is 0 Å². The predicted octanol–water partition coefficient (Wildman–Crippen LogP) is 2.01. The summed E-state index contributed by atoms with van der Waals surface area (Å²) in [4.78, 5) is 29.0. The molecule has 1 aliphatic heterocycles. The maximum atomic E-state index is 12.7. The maximum absolute atomic E-state index is 12.7. The summed E-state index contributed by atoms with van der Waals surface area (Å²) in [6.07, 6.45) is 5.30. The summed E-state index contributed by atoms with van der Waals surface area (Å²) in [6, 6.07) is 12.9. The summed E-state index contributed by atoms with van der Waals surface area (Å²) in [6.45, 7) is 0.308. The summed E-state index contributed by atoms with van der Waals surface area (Å²) in [7, 11) is 0. The van der Waals surface area contributed by atoms with Gasteiger partial charge in [0.1, 0.15) is 0 Å². The Morgan fingerprint density at radius 2 is 2.08 bits per heavy atom. The van der Waals surface area contributed by atoms with Crippen LogP contribution in [0.4, 0.5) is 5.69 Å². The Hall–Kier alpha value is -3.48. The zero-order chi connectivity index (χ0) is 17.9. The van der Waals surface area contributed by atoms with E-state index in [0.717, 1.165) is 11.1 Å². The second-order valence-corrected chi connectivity index (χ2v) is 6.05. The Morgan fingerprint density at radius 3 is 2.92 bits per heavy atom. The van der Waals surface area contributed by atoms with E-state index in [4.69, 9.17) is 0 Å². The highest BCUT2D eigenvalue weighted by Crippen LogP contribution is 2.32. The van der Waals surface area contributed by atoms with Crippen LogP contribution in [-0.4, -0.2) is 26.6 Å². The fourth-order valence-electron chi connectivity index (χ4n) is 3.12. The Bertz CT molecular complexity index is 952. The van der Waals surface area contributed by atoms with E-state index in [1.54, 1.807) is 23.3 Å². The van der Waals surface area contributed by atoms with Gasteiger partial charge in [0.2, 0.25) is 11.8 Å². The average molecular weight is 347 g/mol. The zero-order valence-electron chi connectivity index (χ0n) is 13.9. The zero-order valence-corrected chi connectivity index (χ0v) is 13.9. The van der Waals surface area contributed by atoms with Crippen molar-refractivity contribution >= 4 is 17.5 Å². The number of fused-ring (bicyclic) bond motifs is 1. The molecule has 1 atom stereocenters. The van der Waals surface area contributed by atoms with Crippen LogP contribution in [0.1, 0.15) is 23.5 Å². The monoisotopic (exact) mass is 347 g/mol. The minimum absolute atomic E-state index is 0.141. The molecule has 2 aromatic heterocycles. The van der Waals surface area contributed by atoms with Crippen molar-refractivity contribution in [1.29, 1.82) is 0 Å². The predicted molar refractivity (Wildman–Crippen MR) is 95.6 cm³/mol. The van der Waals surface area contributed by atoms with E-state index in [2.05, 4.69) is 20.7 Å². The lowest BCUT2D eigenvalue weighted by atomic mass is 9.90. The van der Waals surface area contributed by atoms with Gasteiger partial charge in [-0.2, -0.15) is 5.10 Å². The smallest absolute Gasteiger partial charge is 0.228 e. The van der Waals surface area contributed by atoms with Gasteiger partial charge in [-0.3, -0.25) is 9.59 Å². The van der Waals surface area contributed by atoms with E-state index in [0.29, 0.717) is 18.1 Å². The molecule has 2 amide bonds. The second-order valence-electron chi connectivity index (χ2n) is 6.05. The van der Waals surface area contributed by atoms with Gasteiger partial charge in [-0.1, -0.05) is 24.3 Å². The van der Waals surface area contributed by atoms with Crippen molar-refractivity contribution in [2.45, 2.75) is 18.9 Å². The van der Waals surface area contributed by atoms with E-state index in [1.165, 1.54) is 0 Å². The standard InChI is InChI=1S/C19H17N5O2/c25-17-11-15(14-6-1-2-7-16(14)23-17)19(26)21-12-13-5-3-8-20-18(13)24-10-4-9-22-24/h1-10,15H,11-12H2,(H,21,26)(H,23,25). The first-order valence-corrected chi connectivity index (χ1v) is 8.33. The molecule has 0 aliphatic carbocycles. The molecule has 4 rings (SSSR count). The number of nitrogens with zero attached hydrogens (tertiary/aromatic N) is 3. The molecule has 1 unspecified atom stereocenters. The first-order valence-electron chi connectivity index (χ1n) is 8.33. The summed E-state index contributed by atoms with van der Waals surface area (Å²) >= 11 is 0. The molecule has 0 fully saturated rings. The molecule has 0 spiro atoms. The van der Waals surface area contributed by atoms with Gasteiger partial charge in [0, 0.05) is 42.8 Å². The number of carbonyl (C=O) groups is 2. The highest BCUT2D eigenvalue weighted by molar-refractivity contribution is 6.01. The van der Waals surface area contributed by atoms with E-state index >= 15 is 0 Å². The van der Waals surface area contributed by atoms with Crippen molar-refractivity contribution in [3.05, 3.63) is 72.2 Å². The third kappa shape index (κ3) is 3.06. The average Bonchev–Trinajstić information content (AvgIpc) is 3.20. The third-order valence-electron chi connectivity index (χ3n) is 4.36. The largest absolute Gasteiger partial charge is 0.351 e. The number of nitrogens with one attached hydrogen (secondary N) is 2. The SMILES string of the molecule is O=C1CC(C(=O)NCc2cccnc2-n2cccn2)c2ccccc2N1. The van der Waals surface area contributed by atoms with E-state index < -0.39 is 5.92 Å². The van der Waals surface area contributed by atoms with Gasteiger partial charge in [0.05, 0.1) is 5.92 Å². The molecule has 0 saturated heterocycles. The van der Waals surface area contributed by atoms with Crippen molar-refractivity contribution in [3.63, 3.8) is 0 Å². The Labute approximate surface area is 150 Å². The van der Waals surface area contributed by atoms with Crippen molar-refractivity contribution in [1.82, 2.24) is 20.1 Å². The summed E-state index contributed by atoms with van der Waals surface area (Å²) < 4.78 is 1.66. The fourth-order valence-corrected chi connectivity index (χ4v) is 3.12. The molecule has 0 bridgehead atoms. The Morgan fingerprint density at radius 1 is 1.19 bits per heavy atom. The number of amides is 2. The topological polar surface area (TPSA) is 88.9 Å². The van der Waals surface area contributed by atoms with Gasteiger partial charge < -0.3 is 10.6 Å². The van der Waals surface area contributed by atoms with Crippen LogP contribution in [0.3, 0.4) is 0 Å². The summed E-state index contributed by atoms with van der Waals surface area (Å²) in [5, 5.41) is 9.93. The molecule has 0 radical (unpaired) electrons. The molecule has 7 nitrogen and oxygen atoms in total. The minimum Gasteiger partial charge on any atom is -0.351 e. The molecule has 130 valence electrons. The minimum atomic E-state index is -0.496. The van der Waals surface area contributed by atoms with Crippen LogP contribution in [0.15, 0.2) is 61.1 Å². The van der Waals surface area contributed by atoms with Gasteiger partial charge in [0.25, 0.3) is 0 Å².